The van der Waals surface area contributed by atoms with Gasteiger partial charge in [-0.25, -0.2) is 0 Å². The number of hydrogen-bond acceptors (Lipinski definition) is 3. The average Bonchev–Trinajstić information content (AvgIpc) is 2.76. The van der Waals surface area contributed by atoms with Crippen LogP contribution in [-0.2, 0) is 0 Å². The average molecular weight is 210 g/mol. The van der Waals surface area contributed by atoms with Crippen molar-refractivity contribution in [2.75, 3.05) is 20.1 Å². The SMILES string of the molecule is CN(CCCCCN)C(=O)c1ccn[nH]1. The largest absolute Gasteiger partial charge is 0.340 e. The van der Waals surface area contributed by atoms with Gasteiger partial charge in [0.25, 0.3) is 5.91 Å². The summed E-state index contributed by atoms with van der Waals surface area (Å²) in [5, 5.41) is 6.40. The van der Waals surface area contributed by atoms with Gasteiger partial charge in [0.05, 0.1) is 0 Å². The van der Waals surface area contributed by atoms with Crippen molar-refractivity contribution < 1.29 is 4.79 Å². The van der Waals surface area contributed by atoms with Crippen LogP contribution in [0.25, 0.3) is 0 Å². The third-order valence-corrected chi connectivity index (χ3v) is 2.28. The van der Waals surface area contributed by atoms with E-state index in [-0.39, 0.29) is 5.91 Å². The zero-order valence-electron chi connectivity index (χ0n) is 9.07. The summed E-state index contributed by atoms with van der Waals surface area (Å²) in [7, 11) is 1.80. The van der Waals surface area contributed by atoms with Crippen LogP contribution in [0, 0.1) is 0 Å². The van der Waals surface area contributed by atoms with Crippen LogP contribution in [0.2, 0.25) is 0 Å². The van der Waals surface area contributed by atoms with Gasteiger partial charge in [-0.3, -0.25) is 9.89 Å². The number of hydrogen-bond donors (Lipinski definition) is 2. The Balaban J connectivity index is 2.28. The lowest BCUT2D eigenvalue weighted by Gasteiger charge is -2.15. The molecule has 1 amide bonds. The number of rotatable bonds is 6. The van der Waals surface area contributed by atoms with E-state index >= 15 is 0 Å². The molecule has 1 aromatic rings. The van der Waals surface area contributed by atoms with Gasteiger partial charge < -0.3 is 10.6 Å². The molecule has 0 aliphatic carbocycles. The quantitative estimate of drug-likeness (QED) is 0.675. The Morgan fingerprint density at radius 1 is 1.53 bits per heavy atom. The molecule has 3 N–H and O–H groups in total. The van der Waals surface area contributed by atoms with E-state index in [1.807, 2.05) is 0 Å². The first kappa shape index (κ1) is 11.7. The number of aromatic nitrogens is 2. The molecule has 0 spiro atoms. The number of nitrogens with two attached hydrogens (primary N) is 1. The fourth-order valence-corrected chi connectivity index (χ4v) is 1.35. The van der Waals surface area contributed by atoms with Crippen LogP contribution in [0.4, 0.5) is 0 Å². The molecule has 0 unspecified atom stereocenters. The summed E-state index contributed by atoms with van der Waals surface area (Å²) in [6.07, 6.45) is 4.66. The zero-order valence-corrected chi connectivity index (χ0v) is 9.07. The molecule has 0 fully saturated rings. The van der Waals surface area contributed by atoms with Gasteiger partial charge in [-0.2, -0.15) is 5.10 Å². The van der Waals surface area contributed by atoms with E-state index in [2.05, 4.69) is 10.2 Å². The van der Waals surface area contributed by atoms with Crippen LogP contribution in [-0.4, -0.2) is 41.1 Å². The molecule has 0 aromatic carbocycles. The van der Waals surface area contributed by atoms with E-state index < -0.39 is 0 Å². The predicted octanol–water partition coefficient (Wildman–Crippen LogP) is 0.611. The van der Waals surface area contributed by atoms with E-state index in [0.29, 0.717) is 5.69 Å². The van der Waals surface area contributed by atoms with Gasteiger partial charge >= 0.3 is 0 Å². The van der Waals surface area contributed by atoms with Crippen LogP contribution >= 0.6 is 0 Å². The molecule has 15 heavy (non-hydrogen) atoms. The Kier molecular flexibility index (Phi) is 4.83. The van der Waals surface area contributed by atoms with Crippen LogP contribution in [0.15, 0.2) is 12.3 Å². The third kappa shape index (κ3) is 3.71. The molecule has 5 heteroatoms. The van der Waals surface area contributed by atoms with Gasteiger partial charge in [0.15, 0.2) is 0 Å². The summed E-state index contributed by atoms with van der Waals surface area (Å²) < 4.78 is 0. The second kappa shape index (κ2) is 6.19. The second-order valence-corrected chi connectivity index (χ2v) is 3.55. The zero-order chi connectivity index (χ0) is 11.1. The first-order valence-corrected chi connectivity index (χ1v) is 5.20. The second-order valence-electron chi connectivity index (χ2n) is 3.55. The summed E-state index contributed by atoms with van der Waals surface area (Å²) in [6.45, 7) is 1.48. The van der Waals surface area contributed by atoms with Gasteiger partial charge in [-0.15, -0.1) is 0 Å². The summed E-state index contributed by atoms with van der Waals surface area (Å²) >= 11 is 0. The Morgan fingerprint density at radius 3 is 2.93 bits per heavy atom. The Labute approximate surface area is 89.6 Å². The van der Waals surface area contributed by atoms with E-state index in [1.54, 1.807) is 24.2 Å². The number of nitrogens with zero attached hydrogens (tertiary/aromatic N) is 2. The fourth-order valence-electron chi connectivity index (χ4n) is 1.35. The van der Waals surface area contributed by atoms with Crippen molar-refractivity contribution in [1.82, 2.24) is 15.1 Å². The number of H-pyrrole nitrogens is 1. The lowest BCUT2D eigenvalue weighted by molar-refractivity contribution is 0.0787. The minimum Gasteiger partial charge on any atom is -0.340 e. The van der Waals surface area contributed by atoms with E-state index in [0.717, 1.165) is 32.4 Å². The smallest absolute Gasteiger partial charge is 0.271 e. The minimum atomic E-state index is -0.0137. The monoisotopic (exact) mass is 210 g/mol. The molecule has 0 bridgehead atoms. The summed E-state index contributed by atoms with van der Waals surface area (Å²) in [4.78, 5) is 13.4. The first-order chi connectivity index (χ1) is 7.25. The molecule has 1 heterocycles. The van der Waals surface area contributed by atoms with Crippen LogP contribution in [0.3, 0.4) is 0 Å². The molecule has 0 atom stereocenters. The highest BCUT2D eigenvalue weighted by molar-refractivity contribution is 5.91. The lowest BCUT2D eigenvalue weighted by atomic mass is 10.2. The molecule has 0 aliphatic rings. The van der Waals surface area contributed by atoms with Crippen molar-refractivity contribution >= 4 is 5.91 Å². The maximum absolute atomic E-state index is 11.7. The standard InChI is InChI=1S/C10H18N4O/c1-14(8-4-2-3-6-11)10(15)9-5-7-12-13-9/h5,7H,2-4,6,8,11H2,1H3,(H,12,13). The molecular formula is C10H18N4O. The first-order valence-electron chi connectivity index (χ1n) is 5.20. The maximum atomic E-state index is 11.7. The van der Waals surface area contributed by atoms with Gasteiger partial charge in [-0.05, 0) is 25.5 Å². The van der Waals surface area contributed by atoms with Crippen molar-refractivity contribution in [2.45, 2.75) is 19.3 Å². The van der Waals surface area contributed by atoms with Crippen LogP contribution in [0.5, 0.6) is 0 Å². The van der Waals surface area contributed by atoms with Crippen molar-refractivity contribution in [2.24, 2.45) is 5.73 Å². The lowest BCUT2D eigenvalue weighted by Crippen LogP contribution is -2.28. The Hall–Kier alpha value is -1.36. The highest BCUT2D eigenvalue weighted by Crippen LogP contribution is 2.01. The number of carbonyl (C=O) groups is 1. The van der Waals surface area contributed by atoms with Crippen molar-refractivity contribution in [1.29, 1.82) is 0 Å². The topological polar surface area (TPSA) is 75.0 Å². The maximum Gasteiger partial charge on any atom is 0.271 e. The summed E-state index contributed by atoms with van der Waals surface area (Å²) in [5.41, 5.74) is 5.93. The molecule has 0 saturated carbocycles. The number of amides is 1. The normalized spacial score (nSPS) is 10.3. The van der Waals surface area contributed by atoms with Crippen LogP contribution in [0.1, 0.15) is 29.8 Å². The summed E-state index contributed by atoms with van der Waals surface area (Å²) in [5.74, 6) is -0.0137. The minimum absolute atomic E-state index is 0.0137. The van der Waals surface area contributed by atoms with Crippen LogP contribution < -0.4 is 5.73 Å². The van der Waals surface area contributed by atoms with E-state index in [4.69, 9.17) is 5.73 Å². The molecule has 0 radical (unpaired) electrons. The molecular weight excluding hydrogens is 192 g/mol. The number of carbonyl (C=O) groups excluding carboxylic acids is 1. The number of unbranched alkanes of at least 4 members (excludes halogenated alkanes) is 2. The Morgan fingerprint density at radius 2 is 2.33 bits per heavy atom. The molecule has 0 aliphatic heterocycles. The third-order valence-electron chi connectivity index (χ3n) is 2.28. The highest BCUT2D eigenvalue weighted by atomic mass is 16.2. The fraction of sp³-hybridized carbons (Fsp3) is 0.600. The van der Waals surface area contributed by atoms with E-state index in [9.17, 15) is 4.79 Å². The van der Waals surface area contributed by atoms with Crippen molar-refractivity contribution in [3.05, 3.63) is 18.0 Å². The van der Waals surface area contributed by atoms with Gasteiger partial charge in [-0.1, -0.05) is 6.42 Å². The Bertz CT molecular complexity index is 284. The van der Waals surface area contributed by atoms with Gasteiger partial charge in [0.1, 0.15) is 5.69 Å². The van der Waals surface area contributed by atoms with Gasteiger partial charge in [0, 0.05) is 19.8 Å². The molecule has 5 nitrogen and oxygen atoms in total. The van der Waals surface area contributed by atoms with Crippen molar-refractivity contribution in [3.63, 3.8) is 0 Å². The van der Waals surface area contributed by atoms with E-state index in [1.165, 1.54) is 0 Å². The molecule has 1 rings (SSSR count). The van der Waals surface area contributed by atoms with Gasteiger partial charge in [0.2, 0.25) is 0 Å². The molecule has 84 valence electrons. The summed E-state index contributed by atoms with van der Waals surface area (Å²) in [6, 6.07) is 1.68. The highest BCUT2D eigenvalue weighted by Gasteiger charge is 2.11. The number of nitrogens with one attached hydrogen (secondary N) is 1. The molecule has 0 saturated heterocycles. The van der Waals surface area contributed by atoms with Crippen molar-refractivity contribution in [3.8, 4) is 0 Å². The predicted molar refractivity (Wildman–Crippen MR) is 58.5 cm³/mol. The number of aromatic amines is 1. The molecule has 1 aromatic heterocycles.